The Morgan fingerprint density at radius 3 is 1.34 bits per heavy atom. The van der Waals surface area contributed by atoms with Gasteiger partial charge in [-0.05, 0) is 0 Å². The fourth-order valence-electron chi connectivity index (χ4n) is 2.63. The summed E-state index contributed by atoms with van der Waals surface area (Å²) >= 11 is 0. The molecule has 0 saturated carbocycles. The van der Waals surface area contributed by atoms with Crippen LogP contribution in [-0.4, -0.2) is 23.1 Å². The molecule has 0 N–H and O–H groups in total. The van der Waals surface area contributed by atoms with E-state index in [4.69, 9.17) is 0 Å². The van der Waals surface area contributed by atoms with Gasteiger partial charge in [-0.25, -0.2) is 24.3 Å². The summed E-state index contributed by atoms with van der Waals surface area (Å²) in [5.41, 5.74) is 2.80. The Hall–Kier alpha value is -0.829. The van der Waals surface area contributed by atoms with E-state index in [-0.39, 0.29) is 57.2 Å². The molecule has 0 fully saturated rings. The second kappa shape index (κ2) is 20.4. The van der Waals surface area contributed by atoms with Crippen LogP contribution in [0, 0.1) is 18.1 Å². The molecule has 2 aromatic rings. The van der Waals surface area contributed by atoms with Crippen LogP contribution in [-0.2, 0) is 34.6 Å². The monoisotopic (exact) mass is 446 g/mol. The van der Waals surface area contributed by atoms with Gasteiger partial charge in [0.15, 0.2) is 0 Å². The smallest absolute Gasteiger partial charge is 1.00 e. The molecule has 0 nitrogen and oxygen atoms in total. The van der Waals surface area contributed by atoms with E-state index in [1.54, 1.807) is 0 Å². The first-order valence-corrected chi connectivity index (χ1v) is 9.17. The molecule has 2 aromatic carbocycles. The summed E-state index contributed by atoms with van der Waals surface area (Å²) in [6, 6.07) is 21.3. The fourth-order valence-corrected chi connectivity index (χ4v) is 2.63. The molecular weight excluding hydrogens is 420 g/mol. The predicted octanol–water partition coefficient (Wildman–Crippen LogP) is 3.30. The first kappa shape index (κ1) is 30.4. The van der Waals surface area contributed by atoms with Crippen molar-refractivity contribution in [3.63, 3.8) is 0 Å². The van der Waals surface area contributed by atoms with Gasteiger partial charge in [0, 0.05) is 0 Å². The predicted molar refractivity (Wildman–Crippen MR) is 118 cm³/mol. The molecule has 2 aliphatic carbocycles. The van der Waals surface area contributed by atoms with E-state index in [0.717, 1.165) is 25.7 Å². The summed E-state index contributed by atoms with van der Waals surface area (Å²) in [6.07, 6.45) is 22.2. The van der Waals surface area contributed by atoms with Gasteiger partial charge in [-0.1, -0.05) is 71.8 Å². The van der Waals surface area contributed by atoms with Crippen LogP contribution in [0.1, 0.15) is 30.9 Å². The van der Waals surface area contributed by atoms with Crippen LogP contribution in [0.2, 0.25) is 0 Å². The Labute approximate surface area is 214 Å². The van der Waals surface area contributed by atoms with E-state index < -0.39 is 0 Å². The van der Waals surface area contributed by atoms with Gasteiger partial charge in [-0.15, -0.1) is 12.8 Å². The first-order valence-electron chi connectivity index (χ1n) is 9.17. The van der Waals surface area contributed by atoms with Crippen LogP contribution in [0.4, 0.5) is 0 Å². The zero-order valence-corrected chi connectivity index (χ0v) is 20.9. The Kier molecular flexibility index (Phi) is 21.4. The third-order valence-corrected chi connectivity index (χ3v) is 3.87. The van der Waals surface area contributed by atoms with E-state index >= 15 is 0 Å². The molecule has 4 rings (SSSR count). The zero-order valence-electron chi connectivity index (χ0n) is 17.2. The summed E-state index contributed by atoms with van der Waals surface area (Å²) in [6.45, 7) is 2.24. The Morgan fingerprint density at radius 1 is 0.724 bits per heavy atom. The quantitative estimate of drug-likeness (QED) is 0.499. The minimum absolute atomic E-state index is 0. The average Bonchev–Trinajstić information content (AvgIpc) is 3.42. The number of halogens is 1. The van der Waals surface area contributed by atoms with Gasteiger partial charge in [0.25, 0.3) is 0 Å². The van der Waals surface area contributed by atoms with Crippen LogP contribution in [0.5, 0.6) is 0 Å². The zero-order chi connectivity index (χ0) is 18.3. The largest absolute Gasteiger partial charge is 2.00 e. The maximum atomic E-state index is 2.99. The van der Waals surface area contributed by atoms with Gasteiger partial charge >= 0.3 is 44.8 Å². The van der Waals surface area contributed by atoms with Crippen LogP contribution < -0.4 is 12.4 Å². The van der Waals surface area contributed by atoms with Gasteiger partial charge in [-0.3, -0.25) is 12.2 Å². The number of hydrogen-bond donors (Lipinski definition) is 0. The van der Waals surface area contributed by atoms with Crippen molar-refractivity contribution in [2.24, 2.45) is 0 Å². The van der Waals surface area contributed by atoms with Crippen molar-refractivity contribution in [3.8, 4) is 0 Å². The molecule has 0 heterocycles. The normalized spacial score (nSPS) is 11.9. The van der Waals surface area contributed by atoms with Crippen molar-refractivity contribution in [1.82, 2.24) is 0 Å². The molecule has 0 aromatic heterocycles. The fraction of sp³-hybridized carbons (Fsp3) is 0.192. The van der Waals surface area contributed by atoms with Crippen molar-refractivity contribution in [2.75, 3.05) is 0 Å². The van der Waals surface area contributed by atoms with Crippen LogP contribution in [0.3, 0.4) is 0 Å². The minimum atomic E-state index is 0. The molecule has 0 amide bonds. The molecule has 2 aliphatic rings. The molecule has 0 atom stereocenters. The molecule has 0 radical (unpaired) electrons. The molecule has 29 heavy (non-hydrogen) atoms. The van der Waals surface area contributed by atoms with Gasteiger partial charge in [0.1, 0.15) is 0 Å². The molecular formula is C26H27ClMgTi. The van der Waals surface area contributed by atoms with Gasteiger partial charge < -0.3 is 18.3 Å². The van der Waals surface area contributed by atoms with Crippen molar-refractivity contribution < 1.29 is 34.1 Å². The summed E-state index contributed by atoms with van der Waals surface area (Å²) in [4.78, 5) is 0. The Balaban J connectivity index is 0. The van der Waals surface area contributed by atoms with Crippen LogP contribution in [0.15, 0.2) is 97.1 Å². The van der Waals surface area contributed by atoms with Gasteiger partial charge in [0.05, 0.1) is 0 Å². The van der Waals surface area contributed by atoms with Gasteiger partial charge in [0.2, 0.25) is 0 Å². The molecule has 0 aliphatic heterocycles. The molecule has 0 spiro atoms. The topological polar surface area (TPSA) is 0 Å². The maximum Gasteiger partial charge on any atom is 2.00 e. The summed E-state index contributed by atoms with van der Waals surface area (Å²) in [5, 5.41) is 0. The third kappa shape index (κ3) is 15.6. The summed E-state index contributed by atoms with van der Waals surface area (Å²) < 4.78 is 0. The third-order valence-electron chi connectivity index (χ3n) is 3.87. The minimum Gasteiger partial charge on any atom is -1.00 e. The van der Waals surface area contributed by atoms with Crippen molar-refractivity contribution in [2.45, 2.75) is 32.6 Å². The van der Waals surface area contributed by atoms with Crippen molar-refractivity contribution in [1.29, 1.82) is 0 Å². The number of allylic oxidation sites excluding steroid dienone is 8. The van der Waals surface area contributed by atoms with E-state index in [0.29, 0.717) is 0 Å². The van der Waals surface area contributed by atoms with Crippen LogP contribution >= 0.6 is 0 Å². The SMILES string of the molecule is C[C-](Cc1ccccc1)Cc1ccccc1.[C-]1=CC=CC1.[C-]1=CC=CC1.[Cl-].[Mg+2].[Ti+2]. The second-order valence-corrected chi connectivity index (χ2v) is 6.29. The van der Waals surface area contributed by atoms with Crippen molar-refractivity contribution >= 4 is 23.1 Å². The van der Waals surface area contributed by atoms with E-state index in [2.05, 4.69) is 91.9 Å². The van der Waals surface area contributed by atoms with E-state index in [1.807, 2.05) is 24.3 Å². The van der Waals surface area contributed by atoms with E-state index in [9.17, 15) is 0 Å². The Bertz CT molecular complexity index is 637. The first-order chi connectivity index (χ1) is 12.8. The number of rotatable bonds is 4. The molecule has 3 heteroatoms. The van der Waals surface area contributed by atoms with Crippen molar-refractivity contribution in [3.05, 3.63) is 126 Å². The molecule has 0 saturated heterocycles. The average molecular weight is 447 g/mol. The molecule has 0 bridgehead atoms. The Morgan fingerprint density at radius 2 is 1.10 bits per heavy atom. The number of hydrogen-bond acceptors (Lipinski definition) is 0. The maximum absolute atomic E-state index is 2.99. The summed E-state index contributed by atoms with van der Waals surface area (Å²) in [5.74, 6) is 1.51. The number of benzene rings is 2. The standard InChI is InChI=1S/C16H17.2C5H5.ClH.Mg.Ti/c1-14(12-15-8-4-2-5-9-15)13-16-10-6-3-7-11-16;2*1-2-4-5-3-1;;;/h2-11H,12-13H2,1H3;2*1-3H,4H2;1H;;/q3*-1;;2*+2/p-1. The molecule has 0 unspecified atom stereocenters. The van der Waals surface area contributed by atoms with E-state index in [1.165, 1.54) is 17.0 Å². The summed E-state index contributed by atoms with van der Waals surface area (Å²) in [7, 11) is 0. The molecule has 144 valence electrons. The second-order valence-electron chi connectivity index (χ2n) is 6.29. The van der Waals surface area contributed by atoms with Gasteiger partial charge in [-0.2, -0.15) is 31.9 Å². The van der Waals surface area contributed by atoms with Crippen LogP contribution in [0.25, 0.3) is 0 Å².